The van der Waals surface area contributed by atoms with Gasteiger partial charge >= 0.3 is 0 Å². The Bertz CT molecular complexity index is 576. The molecule has 4 nitrogen and oxygen atoms in total. The van der Waals surface area contributed by atoms with Gasteiger partial charge in [-0.3, -0.25) is 0 Å². The van der Waals surface area contributed by atoms with E-state index < -0.39 is 0 Å². The van der Waals surface area contributed by atoms with Crippen molar-refractivity contribution in [3.8, 4) is 5.75 Å². The van der Waals surface area contributed by atoms with Gasteiger partial charge in [0.25, 0.3) is 0 Å². The number of pyridine rings is 1. The SMILES string of the molecule is CNc1ccc(Cl)c(COc2cccc(COC)c2)n1. The van der Waals surface area contributed by atoms with E-state index in [1.165, 1.54) is 0 Å². The molecule has 0 saturated carbocycles. The lowest BCUT2D eigenvalue weighted by Gasteiger charge is -2.10. The van der Waals surface area contributed by atoms with E-state index in [1.807, 2.05) is 37.4 Å². The van der Waals surface area contributed by atoms with Crippen LogP contribution in [0.1, 0.15) is 11.3 Å². The molecule has 0 aliphatic heterocycles. The van der Waals surface area contributed by atoms with Crippen LogP contribution in [0.4, 0.5) is 5.82 Å². The van der Waals surface area contributed by atoms with E-state index in [0.717, 1.165) is 17.1 Å². The molecule has 2 rings (SSSR count). The summed E-state index contributed by atoms with van der Waals surface area (Å²) in [6.07, 6.45) is 0. The summed E-state index contributed by atoms with van der Waals surface area (Å²) < 4.78 is 10.8. The van der Waals surface area contributed by atoms with Crippen LogP contribution in [0.5, 0.6) is 5.75 Å². The fraction of sp³-hybridized carbons (Fsp3) is 0.267. The van der Waals surface area contributed by atoms with Crippen LogP contribution in [-0.2, 0) is 18.0 Å². The van der Waals surface area contributed by atoms with Gasteiger partial charge < -0.3 is 14.8 Å². The lowest BCUT2D eigenvalue weighted by Crippen LogP contribution is -2.02. The van der Waals surface area contributed by atoms with Crippen molar-refractivity contribution in [3.63, 3.8) is 0 Å². The average molecular weight is 293 g/mol. The molecule has 2 aromatic rings. The Hall–Kier alpha value is -1.78. The zero-order valence-electron chi connectivity index (χ0n) is 11.5. The molecule has 0 spiro atoms. The molecule has 1 heterocycles. The van der Waals surface area contributed by atoms with Crippen molar-refractivity contribution in [2.45, 2.75) is 13.2 Å². The van der Waals surface area contributed by atoms with E-state index in [0.29, 0.717) is 23.9 Å². The third-order valence-electron chi connectivity index (χ3n) is 2.76. The van der Waals surface area contributed by atoms with Crippen molar-refractivity contribution in [1.29, 1.82) is 0 Å². The molecule has 0 fully saturated rings. The smallest absolute Gasteiger partial charge is 0.132 e. The van der Waals surface area contributed by atoms with E-state index in [-0.39, 0.29) is 0 Å². The standard InChI is InChI=1S/C15H17ClN2O2/c1-17-15-7-6-13(16)14(18-15)10-20-12-5-3-4-11(8-12)9-19-2/h3-8H,9-10H2,1-2H3,(H,17,18). The van der Waals surface area contributed by atoms with Crippen molar-refractivity contribution >= 4 is 17.4 Å². The Morgan fingerprint density at radius 3 is 2.80 bits per heavy atom. The van der Waals surface area contributed by atoms with Crippen molar-refractivity contribution in [1.82, 2.24) is 4.98 Å². The molecule has 1 N–H and O–H groups in total. The average Bonchev–Trinajstić information content (AvgIpc) is 2.47. The van der Waals surface area contributed by atoms with Crippen molar-refractivity contribution < 1.29 is 9.47 Å². The molecule has 0 amide bonds. The number of anilines is 1. The monoisotopic (exact) mass is 292 g/mol. The Labute approximate surface area is 123 Å². The fourth-order valence-corrected chi connectivity index (χ4v) is 1.93. The van der Waals surface area contributed by atoms with Crippen LogP contribution in [0.2, 0.25) is 5.02 Å². The maximum atomic E-state index is 6.11. The van der Waals surface area contributed by atoms with E-state index in [2.05, 4.69) is 10.3 Å². The van der Waals surface area contributed by atoms with Gasteiger partial charge in [-0.2, -0.15) is 0 Å². The summed E-state index contributed by atoms with van der Waals surface area (Å²) in [5.74, 6) is 1.54. The molecule has 1 aromatic carbocycles. The molecule has 0 radical (unpaired) electrons. The largest absolute Gasteiger partial charge is 0.487 e. The van der Waals surface area contributed by atoms with Gasteiger partial charge in [0.2, 0.25) is 0 Å². The number of hydrogen-bond acceptors (Lipinski definition) is 4. The quantitative estimate of drug-likeness (QED) is 0.885. The molecule has 5 heteroatoms. The van der Waals surface area contributed by atoms with E-state index >= 15 is 0 Å². The van der Waals surface area contributed by atoms with Crippen LogP contribution >= 0.6 is 11.6 Å². The van der Waals surface area contributed by atoms with Gasteiger partial charge in [-0.15, -0.1) is 0 Å². The number of nitrogens with zero attached hydrogens (tertiary/aromatic N) is 1. The lowest BCUT2D eigenvalue weighted by molar-refractivity contribution is 0.184. The maximum Gasteiger partial charge on any atom is 0.132 e. The summed E-state index contributed by atoms with van der Waals surface area (Å²) in [5, 5.41) is 3.57. The first kappa shape index (κ1) is 14.6. The lowest BCUT2D eigenvalue weighted by atomic mass is 10.2. The number of aromatic nitrogens is 1. The van der Waals surface area contributed by atoms with Gasteiger partial charge in [-0.05, 0) is 29.8 Å². The minimum Gasteiger partial charge on any atom is -0.487 e. The minimum absolute atomic E-state index is 0.324. The van der Waals surface area contributed by atoms with Crippen molar-refractivity contribution in [2.24, 2.45) is 0 Å². The molecule has 106 valence electrons. The summed E-state index contributed by atoms with van der Waals surface area (Å²) in [6.45, 7) is 0.885. The normalized spacial score (nSPS) is 10.3. The fourth-order valence-electron chi connectivity index (χ4n) is 1.77. The summed E-state index contributed by atoms with van der Waals surface area (Å²) in [5.41, 5.74) is 1.77. The van der Waals surface area contributed by atoms with Crippen LogP contribution < -0.4 is 10.1 Å². The Balaban J connectivity index is 2.06. The highest BCUT2D eigenvalue weighted by atomic mass is 35.5. The molecule has 0 unspecified atom stereocenters. The zero-order valence-corrected chi connectivity index (χ0v) is 12.3. The highest BCUT2D eigenvalue weighted by Gasteiger charge is 2.05. The van der Waals surface area contributed by atoms with Crippen LogP contribution in [0.25, 0.3) is 0 Å². The van der Waals surface area contributed by atoms with Crippen molar-refractivity contribution in [3.05, 3.63) is 52.7 Å². The summed E-state index contributed by atoms with van der Waals surface area (Å²) in [6, 6.07) is 11.4. The Morgan fingerprint density at radius 2 is 2.05 bits per heavy atom. The Morgan fingerprint density at radius 1 is 1.20 bits per heavy atom. The number of methoxy groups -OCH3 is 1. The summed E-state index contributed by atoms with van der Waals surface area (Å²) in [7, 11) is 3.48. The number of ether oxygens (including phenoxy) is 2. The number of halogens is 1. The first-order valence-electron chi connectivity index (χ1n) is 6.27. The Kier molecular flexibility index (Phi) is 5.21. The molecular weight excluding hydrogens is 276 g/mol. The van der Waals surface area contributed by atoms with Gasteiger partial charge in [-0.25, -0.2) is 4.98 Å². The molecule has 0 atom stereocenters. The second kappa shape index (κ2) is 7.12. The van der Waals surface area contributed by atoms with Gasteiger partial charge in [0, 0.05) is 14.2 Å². The van der Waals surface area contributed by atoms with Gasteiger partial charge in [-0.1, -0.05) is 23.7 Å². The van der Waals surface area contributed by atoms with Crippen LogP contribution in [0.15, 0.2) is 36.4 Å². The highest BCUT2D eigenvalue weighted by Crippen LogP contribution is 2.20. The van der Waals surface area contributed by atoms with Crippen LogP contribution in [0.3, 0.4) is 0 Å². The van der Waals surface area contributed by atoms with E-state index in [4.69, 9.17) is 21.1 Å². The van der Waals surface area contributed by atoms with Gasteiger partial charge in [0.1, 0.15) is 18.2 Å². The van der Waals surface area contributed by atoms with Crippen LogP contribution in [-0.4, -0.2) is 19.1 Å². The first-order chi connectivity index (χ1) is 9.72. The molecule has 20 heavy (non-hydrogen) atoms. The number of hydrogen-bond donors (Lipinski definition) is 1. The maximum absolute atomic E-state index is 6.11. The molecular formula is C15H17ClN2O2. The molecule has 0 aliphatic rings. The molecule has 0 saturated heterocycles. The minimum atomic E-state index is 0.324. The first-order valence-corrected chi connectivity index (χ1v) is 6.64. The second-order valence-electron chi connectivity index (χ2n) is 4.24. The summed E-state index contributed by atoms with van der Waals surface area (Å²) in [4.78, 5) is 4.37. The van der Waals surface area contributed by atoms with Crippen molar-refractivity contribution in [2.75, 3.05) is 19.5 Å². The predicted molar refractivity (Wildman–Crippen MR) is 80.3 cm³/mol. The number of rotatable bonds is 6. The predicted octanol–water partition coefficient (Wildman–Crippen LogP) is 3.50. The second-order valence-corrected chi connectivity index (χ2v) is 4.65. The molecule has 0 bridgehead atoms. The third-order valence-corrected chi connectivity index (χ3v) is 3.10. The highest BCUT2D eigenvalue weighted by molar-refractivity contribution is 6.31. The molecule has 0 aliphatic carbocycles. The third kappa shape index (κ3) is 3.85. The van der Waals surface area contributed by atoms with Gasteiger partial charge in [0.05, 0.1) is 17.3 Å². The number of nitrogens with one attached hydrogen (secondary N) is 1. The molecule has 1 aromatic heterocycles. The van der Waals surface area contributed by atoms with E-state index in [1.54, 1.807) is 13.2 Å². The summed E-state index contributed by atoms with van der Waals surface area (Å²) >= 11 is 6.11. The zero-order chi connectivity index (χ0) is 14.4. The number of benzene rings is 1. The van der Waals surface area contributed by atoms with Gasteiger partial charge in [0.15, 0.2) is 0 Å². The topological polar surface area (TPSA) is 43.4 Å². The van der Waals surface area contributed by atoms with E-state index in [9.17, 15) is 0 Å². The van der Waals surface area contributed by atoms with Crippen LogP contribution in [0, 0.1) is 0 Å².